The van der Waals surface area contributed by atoms with Crippen LogP contribution in [0.4, 0.5) is 0 Å². The Morgan fingerprint density at radius 3 is 2.15 bits per heavy atom. The molecule has 3 nitrogen and oxygen atoms in total. The summed E-state index contributed by atoms with van der Waals surface area (Å²) in [7, 11) is 0. The molecule has 0 aromatic rings. The van der Waals surface area contributed by atoms with E-state index in [1.807, 2.05) is 13.8 Å². The molecule has 1 amide bonds. The second-order valence-corrected chi connectivity index (χ2v) is 4.12. The summed E-state index contributed by atoms with van der Waals surface area (Å²) in [6, 6.07) is 0. The lowest BCUT2D eigenvalue weighted by molar-refractivity contribution is -0.120. The van der Waals surface area contributed by atoms with Crippen LogP contribution in [0.1, 0.15) is 47.0 Å². The van der Waals surface area contributed by atoms with E-state index in [1.165, 1.54) is 6.92 Å². The van der Waals surface area contributed by atoms with E-state index in [1.54, 1.807) is 6.92 Å². The molecule has 0 aromatic carbocycles. The average Bonchev–Trinajstić information content (AvgIpc) is 1.81. The number of amides is 1. The van der Waals surface area contributed by atoms with Crippen LogP contribution in [-0.2, 0) is 9.59 Å². The van der Waals surface area contributed by atoms with Gasteiger partial charge in [-0.1, -0.05) is 0 Å². The van der Waals surface area contributed by atoms with Gasteiger partial charge in [0.15, 0.2) is 0 Å². The number of carbonyl (C=O) groups excluding carboxylic acids is 2. The molecule has 1 N–H and O–H groups in total. The summed E-state index contributed by atoms with van der Waals surface area (Å²) in [5, 5.41) is 2.84. The number of carbonyl (C=O) groups is 2. The Labute approximate surface area is 79.9 Å². The lowest BCUT2D eigenvalue weighted by Crippen LogP contribution is -2.42. The van der Waals surface area contributed by atoms with Crippen LogP contribution in [0.5, 0.6) is 0 Å². The highest BCUT2D eigenvalue weighted by Crippen LogP contribution is 2.12. The monoisotopic (exact) mass is 185 g/mol. The molecule has 0 rings (SSSR count). The maximum Gasteiger partial charge on any atom is 0.217 e. The van der Waals surface area contributed by atoms with Gasteiger partial charge < -0.3 is 10.1 Å². The Balaban J connectivity index is 3.75. The first kappa shape index (κ1) is 12.1. The van der Waals surface area contributed by atoms with Gasteiger partial charge in [-0.15, -0.1) is 0 Å². The molecule has 76 valence electrons. The third-order valence-electron chi connectivity index (χ3n) is 1.85. The zero-order chi connectivity index (χ0) is 10.5. The molecule has 0 aliphatic heterocycles. The topological polar surface area (TPSA) is 46.2 Å². The number of rotatable bonds is 5. The van der Waals surface area contributed by atoms with Crippen LogP contribution in [0.2, 0.25) is 0 Å². The van der Waals surface area contributed by atoms with E-state index in [4.69, 9.17) is 0 Å². The fourth-order valence-corrected chi connectivity index (χ4v) is 1.32. The molecule has 0 aliphatic carbocycles. The van der Waals surface area contributed by atoms with Crippen LogP contribution < -0.4 is 5.32 Å². The maximum atomic E-state index is 10.8. The van der Waals surface area contributed by atoms with Crippen molar-refractivity contribution in [1.82, 2.24) is 5.32 Å². The van der Waals surface area contributed by atoms with Crippen molar-refractivity contribution in [1.29, 1.82) is 0 Å². The van der Waals surface area contributed by atoms with E-state index < -0.39 is 0 Å². The number of ketones is 1. The minimum Gasteiger partial charge on any atom is -0.351 e. The second-order valence-electron chi connectivity index (χ2n) is 4.12. The molecule has 3 heteroatoms. The van der Waals surface area contributed by atoms with Gasteiger partial charge in [-0.2, -0.15) is 0 Å². The van der Waals surface area contributed by atoms with Crippen LogP contribution in [-0.4, -0.2) is 17.2 Å². The average molecular weight is 185 g/mol. The number of hydrogen-bond donors (Lipinski definition) is 1. The minimum atomic E-state index is -0.193. The lowest BCUT2D eigenvalue weighted by Gasteiger charge is -2.25. The van der Waals surface area contributed by atoms with Crippen molar-refractivity contribution in [3.63, 3.8) is 0 Å². The summed E-state index contributed by atoms with van der Waals surface area (Å²) < 4.78 is 0. The third-order valence-corrected chi connectivity index (χ3v) is 1.85. The maximum absolute atomic E-state index is 10.8. The molecule has 0 saturated heterocycles. The smallest absolute Gasteiger partial charge is 0.217 e. The molecule has 0 spiro atoms. The molecule has 0 aromatic heterocycles. The molecule has 0 heterocycles. The summed E-state index contributed by atoms with van der Waals surface area (Å²) >= 11 is 0. The zero-order valence-electron chi connectivity index (χ0n) is 8.94. The second kappa shape index (κ2) is 5.00. The number of hydrogen-bond acceptors (Lipinski definition) is 2. The van der Waals surface area contributed by atoms with Crippen molar-refractivity contribution in [2.24, 2.45) is 0 Å². The van der Waals surface area contributed by atoms with Gasteiger partial charge in [0.2, 0.25) is 5.91 Å². The van der Waals surface area contributed by atoms with Crippen LogP contribution in [0.3, 0.4) is 0 Å². The standard InChI is InChI=1S/C10H19NO2/c1-8(12)6-5-7-10(3,4)11-9(2)13/h5-7H2,1-4H3,(H,11,13). The van der Waals surface area contributed by atoms with Crippen LogP contribution >= 0.6 is 0 Å². The van der Waals surface area contributed by atoms with Crippen molar-refractivity contribution in [3.8, 4) is 0 Å². The third kappa shape index (κ3) is 7.50. The molecule has 0 unspecified atom stereocenters. The molecular formula is C10H19NO2. The first-order chi connectivity index (χ1) is 5.83. The van der Waals surface area contributed by atoms with Gasteiger partial charge in [-0.3, -0.25) is 4.79 Å². The lowest BCUT2D eigenvalue weighted by atomic mass is 9.96. The molecule has 0 radical (unpaired) electrons. The highest BCUT2D eigenvalue weighted by Gasteiger charge is 2.17. The predicted octanol–water partition coefficient (Wildman–Crippen LogP) is 1.66. The molecule has 13 heavy (non-hydrogen) atoms. The normalized spacial score (nSPS) is 11.1. The highest BCUT2D eigenvalue weighted by atomic mass is 16.1. The Bertz CT molecular complexity index is 197. The largest absolute Gasteiger partial charge is 0.351 e. The van der Waals surface area contributed by atoms with E-state index >= 15 is 0 Å². The molecule has 0 saturated carbocycles. The Morgan fingerprint density at radius 1 is 1.23 bits per heavy atom. The van der Waals surface area contributed by atoms with Crippen molar-refractivity contribution in [2.45, 2.75) is 52.5 Å². The van der Waals surface area contributed by atoms with Gasteiger partial charge in [-0.05, 0) is 33.6 Å². The SMILES string of the molecule is CC(=O)CCCC(C)(C)NC(C)=O. The fourth-order valence-electron chi connectivity index (χ4n) is 1.32. The first-order valence-corrected chi connectivity index (χ1v) is 4.62. The zero-order valence-corrected chi connectivity index (χ0v) is 8.94. The summed E-state index contributed by atoms with van der Waals surface area (Å²) in [5.74, 6) is 0.187. The molecule has 0 fully saturated rings. The summed E-state index contributed by atoms with van der Waals surface area (Å²) in [5.41, 5.74) is -0.193. The predicted molar refractivity (Wildman–Crippen MR) is 52.4 cm³/mol. The minimum absolute atomic E-state index is 0.0205. The Morgan fingerprint density at radius 2 is 1.77 bits per heavy atom. The number of Topliss-reactive ketones (excluding diaryl/α,β-unsaturated/α-hetero) is 1. The van der Waals surface area contributed by atoms with Crippen molar-refractivity contribution >= 4 is 11.7 Å². The first-order valence-electron chi connectivity index (χ1n) is 4.62. The van der Waals surface area contributed by atoms with Gasteiger partial charge in [0.25, 0.3) is 0 Å². The van der Waals surface area contributed by atoms with Gasteiger partial charge >= 0.3 is 0 Å². The fraction of sp³-hybridized carbons (Fsp3) is 0.800. The van der Waals surface area contributed by atoms with E-state index in [0.29, 0.717) is 6.42 Å². The van der Waals surface area contributed by atoms with Crippen LogP contribution in [0.25, 0.3) is 0 Å². The van der Waals surface area contributed by atoms with Gasteiger partial charge in [-0.25, -0.2) is 0 Å². The van der Waals surface area contributed by atoms with Gasteiger partial charge in [0.05, 0.1) is 0 Å². The van der Waals surface area contributed by atoms with Crippen molar-refractivity contribution < 1.29 is 9.59 Å². The Kier molecular flexibility index (Phi) is 4.67. The summed E-state index contributed by atoms with van der Waals surface area (Å²) in [4.78, 5) is 21.4. The molecule has 0 bridgehead atoms. The van der Waals surface area contributed by atoms with Gasteiger partial charge in [0.1, 0.15) is 5.78 Å². The van der Waals surface area contributed by atoms with Crippen LogP contribution in [0.15, 0.2) is 0 Å². The van der Waals surface area contributed by atoms with E-state index in [0.717, 1.165) is 12.8 Å². The summed E-state index contributed by atoms with van der Waals surface area (Å²) in [6.07, 6.45) is 2.28. The van der Waals surface area contributed by atoms with Crippen molar-refractivity contribution in [3.05, 3.63) is 0 Å². The van der Waals surface area contributed by atoms with E-state index in [-0.39, 0.29) is 17.2 Å². The molecule has 0 aliphatic rings. The quantitative estimate of drug-likeness (QED) is 0.708. The Hall–Kier alpha value is -0.860. The van der Waals surface area contributed by atoms with E-state index in [2.05, 4.69) is 5.32 Å². The van der Waals surface area contributed by atoms with Crippen LogP contribution in [0, 0.1) is 0 Å². The van der Waals surface area contributed by atoms with E-state index in [9.17, 15) is 9.59 Å². The number of nitrogens with one attached hydrogen (secondary N) is 1. The highest BCUT2D eigenvalue weighted by molar-refractivity contribution is 5.75. The van der Waals surface area contributed by atoms with Crippen molar-refractivity contribution in [2.75, 3.05) is 0 Å². The molecular weight excluding hydrogens is 166 g/mol. The van der Waals surface area contributed by atoms with Gasteiger partial charge in [0, 0.05) is 18.9 Å². The molecule has 0 atom stereocenters. The summed E-state index contributed by atoms with van der Waals surface area (Å²) in [6.45, 7) is 7.03.